The van der Waals surface area contributed by atoms with Gasteiger partial charge in [-0.05, 0) is 19.0 Å². The predicted octanol–water partition coefficient (Wildman–Crippen LogP) is 1.73. The molecule has 0 aliphatic heterocycles. The summed E-state index contributed by atoms with van der Waals surface area (Å²) in [5, 5.41) is 3.30. The number of hydrogen-bond donors (Lipinski definition) is 1. The third-order valence-corrected chi connectivity index (χ3v) is 2.50. The first-order valence-electron chi connectivity index (χ1n) is 4.06. The van der Waals surface area contributed by atoms with Crippen molar-refractivity contribution in [1.82, 2.24) is 5.32 Å². The van der Waals surface area contributed by atoms with Gasteiger partial charge in [-0.1, -0.05) is 6.92 Å². The van der Waals surface area contributed by atoms with E-state index in [9.17, 15) is 0 Å². The summed E-state index contributed by atoms with van der Waals surface area (Å²) in [6.07, 6.45) is 2.86. The van der Waals surface area contributed by atoms with Crippen LogP contribution in [0.15, 0.2) is 16.7 Å². The van der Waals surface area contributed by atoms with Gasteiger partial charge in [0.1, 0.15) is 5.76 Å². The fourth-order valence-electron chi connectivity index (χ4n) is 1.95. The molecule has 0 bridgehead atoms. The lowest BCUT2D eigenvalue weighted by atomic mass is 10.0. The third-order valence-electron chi connectivity index (χ3n) is 2.50. The normalized spacial score (nSPS) is 28.9. The molecule has 0 saturated carbocycles. The Balaban J connectivity index is 2.35. The molecule has 1 aromatic heterocycles. The number of hydrogen-bond acceptors (Lipinski definition) is 2. The van der Waals surface area contributed by atoms with Gasteiger partial charge in [-0.15, -0.1) is 0 Å². The molecule has 11 heavy (non-hydrogen) atoms. The zero-order chi connectivity index (χ0) is 7.84. The van der Waals surface area contributed by atoms with Crippen LogP contribution in [0.2, 0.25) is 0 Å². The fourth-order valence-corrected chi connectivity index (χ4v) is 1.95. The van der Waals surface area contributed by atoms with Crippen LogP contribution in [0.3, 0.4) is 0 Å². The van der Waals surface area contributed by atoms with Gasteiger partial charge in [0.25, 0.3) is 0 Å². The van der Waals surface area contributed by atoms with E-state index < -0.39 is 0 Å². The molecule has 0 amide bonds. The zero-order valence-electron chi connectivity index (χ0n) is 6.92. The van der Waals surface area contributed by atoms with Gasteiger partial charge in [-0.3, -0.25) is 0 Å². The molecule has 1 aliphatic carbocycles. The van der Waals surface area contributed by atoms with Crippen molar-refractivity contribution in [2.45, 2.75) is 19.4 Å². The summed E-state index contributed by atoms with van der Waals surface area (Å²) < 4.78 is 5.34. The lowest BCUT2D eigenvalue weighted by molar-refractivity contribution is 0.425. The second-order valence-electron chi connectivity index (χ2n) is 3.25. The van der Waals surface area contributed by atoms with Crippen molar-refractivity contribution >= 4 is 0 Å². The zero-order valence-corrected chi connectivity index (χ0v) is 6.92. The maximum Gasteiger partial charge on any atom is 0.108 e. The Kier molecular flexibility index (Phi) is 1.50. The van der Waals surface area contributed by atoms with E-state index in [0.717, 1.165) is 12.2 Å². The Bertz CT molecular complexity index is 254. The lowest BCUT2D eigenvalue weighted by Crippen LogP contribution is -2.19. The average molecular weight is 151 g/mol. The van der Waals surface area contributed by atoms with Crippen LogP contribution in [0, 0.1) is 5.92 Å². The molecule has 2 heteroatoms. The van der Waals surface area contributed by atoms with Crippen LogP contribution in [0.25, 0.3) is 0 Å². The molecule has 2 nitrogen and oxygen atoms in total. The molecule has 0 spiro atoms. The molecule has 0 fully saturated rings. The van der Waals surface area contributed by atoms with Crippen molar-refractivity contribution in [3.63, 3.8) is 0 Å². The van der Waals surface area contributed by atoms with Crippen LogP contribution >= 0.6 is 0 Å². The van der Waals surface area contributed by atoms with Crippen molar-refractivity contribution in [2.75, 3.05) is 7.05 Å². The van der Waals surface area contributed by atoms with Gasteiger partial charge in [0.2, 0.25) is 0 Å². The third kappa shape index (κ3) is 0.897. The Morgan fingerprint density at radius 2 is 2.45 bits per heavy atom. The van der Waals surface area contributed by atoms with Crippen LogP contribution in [-0.2, 0) is 6.42 Å². The van der Waals surface area contributed by atoms with Crippen LogP contribution in [-0.4, -0.2) is 7.05 Å². The van der Waals surface area contributed by atoms with Crippen molar-refractivity contribution in [2.24, 2.45) is 5.92 Å². The largest absolute Gasteiger partial charge is 0.469 e. The highest BCUT2D eigenvalue weighted by Gasteiger charge is 2.30. The molecule has 0 aromatic carbocycles. The maximum absolute atomic E-state index is 5.34. The van der Waals surface area contributed by atoms with E-state index in [-0.39, 0.29) is 0 Å². The van der Waals surface area contributed by atoms with Gasteiger partial charge in [-0.2, -0.15) is 0 Å². The van der Waals surface area contributed by atoms with Gasteiger partial charge in [-0.25, -0.2) is 0 Å². The molecule has 2 atom stereocenters. The molecule has 60 valence electrons. The van der Waals surface area contributed by atoms with E-state index in [1.807, 2.05) is 7.05 Å². The summed E-state index contributed by atoms with van der Waals surface area (Å²) in [6.45, 7) is 2.25. The smallest absolute Gasteiger partial charge is 0.108 e. The second-order valence-corrected chi connectivity index (χ2v) is 3.25. The van der Waals surface area contributed by atoms with Gasteiger partial charge in [0.05, 0.1) is 6.26 Å². The summed E-state index contributed by atoms with van der Waals surface area (Å²) in [5.41, 5.74) is 1.35. The van der Waals surface area contributed by atoms with Crippen molar-refractivity contribution in [1.29, 1.82) is 0 Å². The highest BCUT2D eigenvalue weighted by Crippen LogP contribution is 2.35. The standard InChI is InChI=1S/C9H13NO/c1-6-5-8-7(3-4-11-8)9(6)10-2/h3-4,6,9-10H,5H2,1-2H3. The minimum Gasteiger partial charge on any atom is -0.469 e. The van der Waals surface area contributed by atoms with Gasteiger partial charge >= 0.3 is 0 Å². The van der Waals surface area contributed by atoms with Crippen molar-refractivity contribution in [3.8, 4) is 0 Å². The molecular formula is C9H13NO. The summed E-state index contributed by atoms with van der Waals surface area (Å²) in [7, 11) is 2.00. The Labute approximate surface area is 66.6 Å². The first-order valence-corrected chi connectivity index (χ1v) is 4.06. The van der Waals surface area contributed by atoms with Crippen LogP contribution in [0.1, 0.15) is 24.3 Å². The van der Waals surface area contributed by atoms with Gasteiger partial charge in [0, 0.05) is 18.0 Å². The van der Waals surface area contributed by atoms with Crippen molar-refractivity contribution in [3.05, 3.63) is 23.7 Å². The molecule has 2 unspecified atom stereocenters. The van der Waals surface area contributed by atoms with Crippen LogP contribution < -0.4 is 5.32 Å². The minimum absolute atomic E-state index is 0.503. The maximum atomic E-state index is 5.34. The quantitative estimate of drug-likeness (QED) is 0.661. The van der Waals surface area contributed by atoms with Crippen LogP contribution in [0.5, 0.6) is 0 Å². The number of rotatable bonds is 1. The topological polar surface area (TPSA) is 25.2 Å². The predicted molar refractivity (Wildman–Crippen MR) is 43.4 cm³/mol. The molecule has 0 radical (unpaired) electrons. The highest BCUT2D eigenvalue weighted by molar-refractivity contribution is 5.27. The second kappa shape index (κ2) is 2.38. The Morgan fingerprint density at radius 1 is 1.64 bits per heavy atom. The van der Waals surface area contributed by atoms with Gasteiger partial charge < -0.3 is 9.73 Å². The Morgan fingerprint density at radius 3 is 3.18 bits per heavy atom. The molecule has 1 N–H and O–H groups in total. The number of furan rings is 1. The molecule has 0 saturated heterocycles. The first-order chi connectivity index (χ1) is 5.33. The van der Waals surface area contributed by atoms with E-state index in [4.69, 9.17) is 4.42 Å². The average Bonchev–Trinajstić information content (AvgIpc) is 2.46. The van der Waals surface area contributed by atoms with E-state index in [2.05, 4.69) is 18.3 Å². The first kappa shape index (κ1) is 6.92. The van der Waals surface area contributed by atoms with E-state index >= 15 is 0 Å². The summed E-state index contributed by atoms with van der Waals surface area (Å²) in [4.78, 5) is 0. The number of fused-ring (bicyclic) bond motifs is 1. The number of nitrogens with one attached hydrogen (secondary N) is 1. The summed E-state index contributed by atoms with van der Waals surface area (Å²) in [6, 6.07) is 2.57. The molecule has 1 aliphatic rings. The summed E-state index contributed by atoms with van der Waals surface area (Å²) in [5.74, 6) is 1.84. The van der Waals surface area contributed by atoms with E-state index in [0.29, 0.717) is 12.0 Å². The SMILES string of the molecule is CNC1c2ccoc2CC1C. The molecule has 1 aromatic rings. The fraction of sp³-hybridized carbons (Fsp3) is 0.556. The lowest BCUT2D eigenvalue weighted by Gasteiger charge is -2.13. The minimum atomic E-state index is 0.503. The van der Waals surface area contributed by atoms with Crippen molar-refractivity contribution < 1.29 is 4.42 Å². The molecule has 2 rings (SSSR count). The van der Waals surface area contributed by atoms with Crippen LogP contribution in [0.4, 0.5) is 0 Å². The monoisotopic (exact) mass is 151 g/mol. The Hall–Kier alpha value is -0.760. The molecular weight excluding hydrogens is 138 g/mol. The summed E-state index contributed by atoms with van der Waals surface area (Å²) >= 11 is 0. The highest BCUT2D eigenvalue weighted by atomic mass is 16.3. The van der Waals surface area contributed by atoms with E-state index in [1.165, 1.54) is 5.56 Å². The van der Waals surface area contributed by atoms with Gasteiger partial charge in [0.15, 0.2) is 0 Å². The molecule has 1 heterocycles. The van der Waals surface area contributed by atoms with E-state index in [1.54, 1.807) is 6.26 Å².